The third kappa shape index (κ3) is 3.13. The predicted octanol–water partition coefficient (Wildman–Crippen LogP) is 2.65. The van der Waals surface area contributed by atoms with Gasteiger partial charge in [-0.05, 0) is 42.5 Å². The minimum absolute atomic E-state index is 0.00700. The van der Waals surface area contributed by atoms with Gasteiger partial charge in [0.1, 0.15) is 0 Å². The highest BCUT2D eigenvalue weighted by Gasteiger charge is 2.28. The van der Waals surface area contributed by atoms with Gasteiger partial charge in [-0.15, -0.1) is 0 Å². The Hall–Kier alpha value is -1.84. The van der Waals surface area contributed by atoms with Gasteiger partial charge in [-0.1, -0.05) is 13.8 Å². The third-order valence-electron chi connectivity index (χ3n) is 3.78. The number of carboxylic acid groups (broad SMARTS) is 1. The fourth-order valence-corrected chi connectivity index (χ4v) is 2.25. The second-order valence-electron chi connectivity index (χ2n) is 5.84. The topological polar surface area (TPSA) is 57.6 Å². The molecule has 1 saturated heterocycles. The maximum atomic E-state index is 12.3. The zero-order valence-corrected chi connectivity index (χ0v) is 11.3. The van der Waals surface area contributed by atoms with Gasteiger partial charge in [0.2, 0.25) is 0 Å². The minimum Gasteiger partial charge on any atom is -0.478 e. The summed E-state index contributed by atoms with van der Waals surface area (Å²) in [6.45, 7) is 5.98. The first-order valence-corrected chi connectivity index (χ1v) is 6.52. The molecule has 0 unspecified atom stereocenters. The first-order chi connectivity index (χ1) is 8.89. The van der Waals surface area contributed by atoms with Crippen LogP contribution in [0.3, 0.4) is 0 Å². The van der Waals surface area contributed by atoms with Crippen molar-refractivity contribution in [2.24, 2.45) is 5.41 Å². The van der Waals surface area contributed by atoms with E-state index < -0.39 is 5.97 Å². The van der Waals surface area contributed by atoms with Crippen LogP contribution >= 0.6 is 0 Å². The number of benzene rings is 1. The Labute approximate surface area is 113 Å². The van der Waals surface area contributed by atoms with Crippen LogP contribution in [-0.2, 0) is 0 Å². The number of likely N-dealkylation sites (tertiary alicyclic amines) is 1. The molecule has 1 aliphatic heterocycles. The summed E-state index contributed by atoms with van der Waals surface area (Å²) in [6.07, 6.45) is 2.01. The zero-order valence-electron chi connectivity index (χ0n) is 11.3. The lowest BCUT2D eigenvalue weighted by Crippen LogP contribution is -2.41. The Morgan fingerprint density at radius 1 is 1.05 bits per heavy atom. The Kier molecular flexibility index (Phi) is 3.60. The van der Waals surface area contributed by atoms with Gasteiger partial charge in [0.25, 0.3) is 5.91 Å². The third-order valence-corrected chi connectivity index (χ3v) is 3.78. The first-order valence-electron chi connectivity index (χ1n) is 6.52. The van der Waals surface area contributed by atoms with Gasteiger partial charge < -0.3 is 10.0 Å². The lowest BCUT2D eigenvalue weighted by molar-refractivity contribution is 0.0627. The molecule has 0 saturated carbocycles. The Morgan fingerprint density at radius 3 is 2.00 bits per heavy atom. The highest BCUT2D eigenvalue weighted by molar-refractivity contribution is 5.95. The van der Waals surface area contributed by atoms with Gasteiger partial charge in [-0.3, -0.25) is 4.79 Å². The molecule has 1 aromatic rings. The standard InChI is InChI=1S/C15H19NO3/c1-15(2)7-9-16(10-8-15)13(17)11-3-5-12(6-4-11)14(18)19/h3-6H,7-10H2,1-2H3,(H,18,19). The van der Waals surface area contributed by atoms with E-state index in [0.717, 1.165) is 25.9 Å². The van der Waals surface area contributed by atoms with Crippen LogP contribution in [-0.4, -0.2) is 35.0 Å². The Balaban J connectivity index is 2.06. The number of aromatic carboxylic acids is 1. The van der Waals surface area contributed by atoms with Crippen molar-refractivity contribution in [3.05, 3.63) is 35.4 Å². The molecule has 0 atom stereocenters. The number of rotatable bonds is 2. The van der Waals surface area contributed by atoms with Crippen LogP contribution < -0.4 is 0 Å². The maximum absolute atomic E-state index is 12.3. The fourth-order valence-electron chi connectivity index (χ4n) is 2.25. The number of amides is 1. The van der Waals surface area contributed by atoms with Crippen molar-refractivity contribution < 1.29 is 14.7 Å². The fraction of sp³-hybridized carbons (Fsp3) is 0.467. The SMILES string of the molecule is CC1(C)CCN(C(=O)c2ccc(C(=O)O)cc2)CC1. The lowest BCUT2D eigenvalue weighted by atomic mass is 9.82. The van der Waals surface area contributed by atoms with E-state index in [4.69, 9.17) is 5.11 Å². The molecule has 0 bridgehead atoms. The number of carbonyl (C=O) groups is 2. The average Bonchev–Trinajstić information content (AvgIpc) is 2.38. The van der Waals surface area contributed by atoms with Gasteiger partial charge in [0.15, 0.2) is 0 Å². The maximum Gasteiger partial charge on any atom is 0.335 e. The molecule has 0 aromatic heterocycles. The van der Waals surface area contributed by atoms with Crippen molar-refractivity contribution in [1.29, 1.82) is 0 Å². The first kappa shape index (κ1) is 13.6. The van der Waals surface area contributed by atoms with E-state index in [-0.39, 0.29) is 11.5 Å². The molecule has 1 aromatic carbocycles. The summed E-state index contributed by atoms with van der Waals surface area (Å²) in [5.41, 5.74) is 1.07. The van der Waals surface area contributed by atoms with Crippen molar-refractivity contribution in [3.8, 4) is 0 Å². The van der Waals surface area contributed by atoms with E-state index in [0.29, 0.717) is 11.0 Å². The van der Waals surface area contributed by atoms with Crippen LogP contribution in [0.15, 0.2) is 24.3 Å². The van der Waals surface area contributed by atoms with Crippen molar-refractivity contribution in [2.45, 2.75) is 26.7 Å². The summed E-state index contributed by atoms with van der Waals surface area (Å²) in [6, 6.07) is 6.13. The van der Waals surface area contributed by atoms with Crippen LogP contribution in [0.5, 0.6) is 0 Å². The van der Waals surface area contributed by atoms with Gasteiger partial charge in [-0.25, -0.2) is 4.79 Å². The van der Waals surface area contributed by atoms with Crippen LogP contribution in [0.25, 0.3) is 0 Å². The highest BCUT2D eigenvalue weighted by Crippen LogP contribution is 2.30. The van der Waals surface area contributed by atoms with Crippen LogP contribution in [0.2, 0.25) is 0 Å². The number of piperidine rings is 1. The zero-order chi connectivity index (χ0) is 14.0. The van der Waals surface area contributed by atoms with E-state index in [9.17, 15) is 9.59 Å². The molecule has 0 spiro atoms. The molecule has 19 heavy (non-hydrogen) atoms. The summed E-state index contributed by atoms with van der Waals surface area (Å²) >= 11 is 0. The molecule has 2 rings (SSSR count). The monoisotopic (exact) mass is 261 g/mol. The highest BCUT2D eigenvalue weighted by atomic mass is 16.4. The van der Waals surface area contributed by atoms with E-state index in [1.807, 2.05) is 4.90 Å². The summed E-state index contributed by atoms with van der Waals surface area (Å²) in [7, 11) is 0. The molecule has 0 aliphatic carbocycles. The number of hydrogen-bond acceptors (Lipinski definition) is 2. The normalized spacial score (nSPS) is 18.1. The summed E-state index contributed by atoms with van der Waals surface area (Å²) in [5, 5.41) is 8.83. The largest absolute Gasteiger partial charge is 0.478 e. The van der Waals surface area contributed by atoms with Crippen LogP contribution in [0.1, 0.15) is 47.4 Å². The second kappa shape index (κ2) is 5.03. The van der Waals surface area contributed by atoms with Crippen molar-refractivity contribution >= 4 is 11.9 Å². The quantitative estimate of drug-likeness (QED) is 0.890. The van der Waals surface area contributed by atoms with Gasteiger partial charge >= 0.3 is 5.97 Å². The second-order valence-corrected chi connectivity index (χ2v) is 5.84. The Morgan fingerprint density at radius 2 is 1.53 bits per heavy atom. The number of carbonyl (C=O) groups excluding carboxylic acids is 1. The molecular weight excluding hydrogens is 242 g/mol. The molecule has 4 nitrogen and oxygen atoms in total. The molecule has 102 valence electrons. The van der Waals surface area contributed by atoms with E-state index >= 15 is 0 Å². The van der Waals surface area contributed by atoms with E-state index in [1.165, 1.54) is 12.1 Å². The van der Waals surface area contributed by atoms with E-state index in [2.05, 4.69) is 13.8 Å². The van der Waals surface area contributed by atoms with Crippen molar-refractivity contribution in [1.82, 2.24) is 4.90 Å². The Bertz CT molecular complexity index is 481. The van der Waals surface area contributed by atoms with Gasteiger partial charge in [0.05, 0.1) is 5.56 Å². The lowest BCUT2D eigenvalue weighted by Gasteiger charge is -2.36. The van der Waals surface area contributed by atoms with Crippen LogP contribution in [0, 0.1) is 5.41 Å². The number of nitrogens with zero attached hydrogens (tertiary/aromatic N) is 1. The molecule has 4 heteroatoms. The summed E-state index contributed by atoms with van der Waals surface area (Å²) < 4.78 is 0. The molecule has 1 fully saturated rings. The number of hydrogen-bond donors (Lipinski definition) is 1. The van der Waals surface area contributed by atoms with Gasteiger partial charge in [0, 0.05) is 18.7 Å². The molecule has 1 aliphatic rings. The smallest absolute Gasteiger partial charge is 0.335 e. The van der Waals surface area contributed by atoms with Crippen molar-refractivity contribution in [3.63, 3.8) is 0 Å². The van der Waals surface area contributed by atoms with Crippen molar-refractivity contribution in [2.75, 3.05) is 13.1 Å². The van der Waals surface area contributed by atoms with Crippen LogP contribution in [0.4, 0.5) is 0 Å². The molecule has 0 radical (unpaired) electrons. The molecule has 1 heterocycles. The van der Waals surface area contributed by atoms with Gasteiger partial charge in [-0.2, -0.15) is 0 Å². The molecule has 1 amide bonds. The number of carboxylic acids is 1. The molecule has 1 N–H and O–H groups in total. The van der Waals surface area contributed by atoms with E-state index in [1.54, 1.807) is 12.1 Å². The summed E-state index contributed by atoms with van der Waals surface area (Å²) in [5.74, 6) is -0.980. The predicted molar refractivity (Wildman–Crippen MR) is 72.3 cm³/mol. The molecular formula is C15H19NO3. The average molecular weight is 261 g/mol. The summed E-state index contributed by atoms with van der Waals surface area (Å²) in [4.78, 5) is 24.9. The minimum atomic E-state index is -0.973.